The first-order valence-electron chi connectivity index (χ1n) is 6.20. The van der Waals surface area contributed by atoms with Gasteiger partial charge in [0, 0.05) is 30.6 Å². The van der Waals surface area contributed by atoms with Gasteiger partial charge >= 0.3 is 0 Å². The maximum Gasteiger partial charge on any atom is 0.248 e. The van der Waals surface area contributed by atoms with Gasteiger partial charge in [0.25, 0.3) is 0 Å². The predicted octanol–water partition coefficient (Wildman–Crippen LogP) is 2.67. The SMILES string of the molecule is CNC(c1c(C)ccnc1N)C1CCC(F)(F)C1. The van der Waals surface area contributed by atoms with Crippen LogP contribution in [0.15, 0.2) is 12.3 Å². The minimum Gasteiger partial charge on any atom is -0.383 e. The highest BCUT2D eigenvalue weighted by Crippen LogP contribution is 2.45. The second-order valence-electron chi connectivity index (χ2n) is 5.05. The van der Waals surface area contributed by atoms with E-state index in [4.69, 9.17) is 5.73 Å². The van der Waals surface area contributed by atoms with E-state index in [1.165, 1.54) is 0 Å². The molecule has 3 N–H and O–H groups in total. The van der Waals surface area contributed by atoms with E-state index < -0.39 is 5.92 Å². The van der Waals surface area contributed by atoms with Crippen molar-refractivity contribution in [1.29, 1.82) is 0 Å². The zero-order valence-corrected chi connectivity index (χ0v) is 10.7. The largest absolute Gasteiger partial charge is 0.383 e. The van der Waals surface area contributed by atoms with Crippen molar-refractivity contribution < 1.29 is 8.78 Å². The van der Waals surface area contributed by atoms with Crippen LogP contribution in [0.1, 0.15) is 36.4 Å². The van der Waals surface area contributed by atoms with Gasteiger partial charge in [0.15, 0.2) is 0 Å². The van der Waals surface area contributed by atoms with Gasteiger partial charge in [-0.25, -0.2) is 13.8 Å². The minimum atomic E-state index is -2.54. The highest BCUT2D eigenvalue weighted by Gasteiger charge is 2.43. The number of nitrogen functional groups attached to an aromatic ring is 1. The van der Waals surface area contributed by atoms with Crippen LogP contribution in [-0.2, 0) is 0 Å². The van der Waals surface area contributed by atoms with Crippen molar-refractivity contribution in [2.75, 3.05) is 12.8 Å². The minimum absolute atomic E-state index is 0.0327. The normalized spacial score (nSPS) is 24.1. The Balaban J connectivity index is 2.29. The summed E-state index contributed by atoms with van der Waals surface area (Å²) in [7, 11) is 1.78. The Morgan fingerprint density at radius 2 is 2.28 bits per heavy atom. The Morgan fingerprint density at radius 1 is 1.56 bits per heavy atom. The highest BCUT2D eigenvalue weighted by atomic mass is 19.3. The second-order valence-corrected chi connectivity index (χ2v) is 5.05. The summed E-state index contributed by atoms with van der Waals surface area (Å²) < 4.78 is 26.7. The van der Waals surface area contributed by atoms with E-state index >= 15 is 0 Å². The number of nitrogens with two attached hydrogens (primary N) is 1. The topological polar surface area (TPSA) is 50.9 Å². The van der Waals surface area contributed by atoms with Crippen LogP contribution >= 0.6 is 0 Å². The van der Waals surface area contributed by atoms with Crippen LogP contribution in [0.4, 0.5) is 14.6 Å². The van der Waals surface area contributed by atoms with Gasteiger partial charge in [-0.3, -0.25) is 0 Å². The summed E-state index contributed by atoms with van der Waals surface area (Å²) in [5.41, 5.74) is 7.76. The fourth-order valence-electron chi connectivity index (χ4n) is 2.88. The van der Waals surface area contributed by atoms with E-state index in [1.54, 1.807) is 13.2 Å². The number of nitrogens with zero attached hydrogens (tertiary/aromatic N) is 1. The molecule has 0 amide bonds. The quantitative estimate of drug-likeness (QED) is 0.873. The van der Waals surface area contributed by atoms with Crippen molar-refractivity contribution in [3.63, 3.8) is 0 Å². The first kappa shape index (κ1) is 13.2. The summed E-state index contributed by atoms with van der Waals surface area (Å²) in [6.07, 6.45) is 2.05. The maximum atomic E-state index is 13.3. The number of halogens is 2. The molecule has 5 heteroatoms. The molecule has 18 heavy (non-hydrogen) atoms. The molecule has 1 fully saturated rings. The van der Waals surface area contributed by atoms with Gasteiger partial charge in [-0.1, -0.05) is 0 Å². The van der Waals surface area contributed by atoms with Gasteiger partial charge in [0.05, 0.1) is 0 Å². The molecule has 0 aromatic carbocycles. The average Bonchev–Trinajstić information content (AvgIpc) is 2.64. The molecule has 1 saturated carbocycles. The Labute approximate surface area is 106 Å². The van der Waals surface area contributed by atoms with E-state index in [0.29, 0.717) is 12.2 Å². The third-order valence-corrected chi connectivity index (χ3v) is 3.77. The van der Waals surface area contributed by atoms with Crippen LogP contribution in [0.2, 0.25) is 0 Å². The van der Waals surface area contributed by atoms with Gasteiger partial charge in [-0.15, -0.1) is 0 Å². The van der Waals surface area contributed by atoms with Gasteiger partial charge in [0.1, 0.15) is 5.82 Å². The molecule has 0 saturated heterocycles. The van der Waals surface area contributed by atoms with Crippen LogP contribution in [0.3, 0.4) is 0 Å². The van der Waals surface area contributed by atoms with Crippen LogP contribution < -0.4 is 11.1 Å². The number of pyridine rings is 1. The molecular formula is C13H19F2N3. The first-order chi connectivity index (χ1) is 8.44. The summed E-state index contributed by atoms with van der Waals surface area (Å²) in [5, 5.41) is 3.13. The third kappa shape index (κ3) is 2.46. The number of alkyl halides is 2. The molecule has 2 atom stereocenters. The number of rotatable bonds is 3. The second kappa shape index (κ2) is 4.80. The summed E-state index contributed by atoms with van der Waals surface area (Å²) >= 11 is 0. The zero-order chi connectivity index (χ0) is 13.3. The Bertz CT molecular complexity index is 414. The molecule has 1 aliphatic rings. The lowest BCUT2D eigenvalue weighted by Crippen LogP contribution is -2.27. The summed E-state index contributed by atoms with van der Waals surface area (Å²) in [4.78, 5) is 4.07. The monoisotopic (exact) mass is 255 g/mol. The molecule has 0 radical (unpaired) electrons. The third-order valence-electron chi connectivity index (χ3n) is 3.77. The number of hydrogen-bond donors (Lipinski definition) is 2. The molecule has 1 aromatic heterocycles. The number of hydrogen-bond acceptors (Lipinski definition) is 3. The van der Waals surface area contributed by atoms with Crippen LogP contribution in [0.5, 0.6) is 0 Å². The van der Waals surface area contributed by atoms with Crippen molar-refractivity contribution in [2.45, 2.75) is 38.2 Å². The van der Waals surface area contributed by atoms with Gasteiger partial charge < -0.3 is 11.1 Å². The van der Waals surface area contributed by atoms with Crippen LogP contribution in [0, 0.1) is 12.8 Å². The molecular weight excluding hydrogens is 236 g/mol. The van der Waals surface area contributed by atoms with Crippen molar-refractivity contribution in [3.8, 4) is 0 Å². The van der Waals surface area contributed by atoms with E-state index in [9.17, 15) is 8.78 Å². The molecule has 1 heterocycles. The lowest BCUT2D eigenvalue weighted by molar-refractivity contribution is 0.00339. The predicted molar refractivity (Wildman–Crippen MR) is 67.5 cm³/mol. The summed E-state index contributed by atoms with van der Waals surface area (Å²) in [6, 6.07) is 1.72. The summed E-state index contributed by atoms with van der Waals surface area (Å²) in [5.74, 6) is -2.19. The van der Waals surface area contributed by atoms with Crippen molar-refractivity contribution in [3.05, 3.63) is 23.4 Å². The first-order valence-corrected chi connectivity index (χ1v) is 6.20. The molecule has 2 rings (SSSR count). The summed E-state index contributed by atoms with van der Waals surface area (Å²) in [6.45, 7) is 1.94. The fourth-order valence-corrected chi connectivity index (χ4v) is 2.88. The van der Waals surface area contributed by atoms with Gasteiger partial charge in [-0.2, -0.15) is 0 Å². The number of nitrogens with one attached hydrogen (secondary N) is 1. The molecule has 100 valence electrons. The molecule has 0 bridgehead atoms. The number of aromatic nitrogens is 1. The molecule has 3 nitrogen and oxygen atoms in total. The van der Waals surface area contributed by atoms with E-state index in [1.807, 2.05) is 13.0 Å². The molecule has 0 aliphatic heterocycles. The number of anilines is 1. The highest BCUT2D eigenvalue weighted by molar-refractivity contribution is 5.46. The van der Waals surface area contributed by atoms with E-state index in [-0.39, 0.29) is 24.8 Å². The van der Waals surface area contributed by atoms with E-state index in [2.05, 4.69) is 10.3 Å². The van der Waals surface area contributed by atoms with Crippen molar-refractivity contribution in [2.24, 2.45) is 5.92 Å². The molecule has 1 aromatic rings. The molecule has 2 unspecified atom stereocenters. The standard InChI is InChI=1S/C13H19F2N3/c1-8-4-6-18-12(16)10(8)11(17-2)9-3-5-13(14,15)7-9/h4,6,9,11,17H,3,5,7H2,1-2H3,(H2,16,18). The number of aryl methyl sites for hydroxylation is 1. The Kier molecular flexibility index (Phi) is 3.52. The van der Waals surface area contributed by atoms with E-state index in [0.717, 1.165) is 11.1 Å². The molecule has 1 aliphatic carbocycles. The van der Waals surface area contributed by atoms with Crippen LogP contribution in [-0.4, -0.2) is 18.0 Å². The van der Waals surface area contributed by atoms with Crippen molar-refractivity contribution >= 4 is 5.82 Å². The van der Waals surface area contributed by atoms with Crippen molar-refractivity contribution in [1.82, 2.24) is 10.3 Å². The Morgan fingerprint density at radius 3 is 2.78 bits per heavy atom. The van der Waals surface area contributed by atoms with Crippen LogP contribution in [0.25, 0.3) is 0 Å². The Hall–Kier alpha value is -1.23. The fraction of sp³-hybridized carbons (Fsp3) is 0.615. The lowest BCUT2D eigenvalue weighted by Gasteiger charge is -2.25. The van der Waals surface area contributed by atoms with Gasteiger partial charge in [0.2, 0.25) is 5.92 Å². The van der Waals surface area contributed by atoms with Gasteiger partial charge in [-0.05, 0) is 37.9 Å². The smallest absolute Gasteiger partial charge is 0.248 e. The average molecular weight is 255 g/mol. The lowest BCUT2D eigenvalue weighted by atomic mass is 9.89. The maximum absolute atomic E-state index is 13.3. The molecule has 0 spiro atoms. The zero-order valence-electron chi connectivity index (χ0n) is 10.7.